The molecule has 2 fully saturated rings. The number of amides is 2. The fraction of sp³-hybridized carbons (Fsp3) is 0.348. The SMILES string of the molecule is COc1ccc(Br)cc1COC(=O)C12CCC(=O)N1c1ccccc1C(=O)N2C1CC1. The molecular formula is C23H21BrN2O5. The van der Waals surface area contributed by atoms with Gasteiger partial charge in [-0.3, -0.25) is 14.5 Å². The number of carbonyl (C=O) groups is 3. The van der Waals surface area contributed by atoms with Crippen molar-refractivity contribution < 1.29 is 23.9 Å². The highest BCUT2D eigenvalue weighted by Crippen LogP contribution is 2.49. The lowest BCUT2D eigenvalue weighted by molar-refractivity contribution is -0.159. The summed E-state index contributed by atoms with van der Waals surface area (Å²) in [7, 11) is 1.55. The summed E-state index contributed by atoms with van der Waals surface area (Å²) in [5.41, 5.74) is 0.173. The molecule has 0 N–H and O–H groups in total. The minimum absolute atomic E-state index is 0.0282. The van der Waals surface area contributed by atoms with Gasteiger partial charge in [-0.05, 0) is 43.2 Å². The topological polar surface area (TPSA) is 76.1 Å². The first-order chi connectivity index (χ1) is 15.0. The van der Waals surface area contributed by atoms with Gasteiger partial charge in [-0.25, -0.2) is 4.79 Å². The van der Waals surface area contributed by atoms with Gasteiger partial charge in [0, 0.05) is 28.9 Å². The van der Waals surface area contributed by atoms with Crippen LogP contribution in [0, 0.1) is 0 Å². The van der Waals surface area contributed by atoms with Crippen molar-refractivity contribution in [2.45, 2.75) is 44.0 Å². The van der Waals surface area contributed by atoms with E-state index in [-0.39, 0.29) is 37.3 Å². The lowest BCUT2D eigenvalue weighted by atomic mass is 9.96. The molecule has 8 heteroatoms. The summed E-state index contributed by atoms with van der Waals surface area (Å²) in [5, 5.41) is 0. The third kappa shape index (κ3) is 3.04. The zero-order valence-electron chi connectivity index (χ0n) is 17.0. The van der Waals surface area contributed by atoms with Crippen molar-refractivity contribution in [2.24, 2.45) is 0 Å². The van der Waals surface area contributed by atoms with Crippen molar-refractivity contribution in [3.05, 3.63) is 58.1 Å². The zero-order chi connectivity index (χ0) is 21.8. The Balaban J connectivity index is 1.54. The van der Waals surface area contributed by atoms with E-state index in [1.807, 2.05) is 12.1 Å². The lowest BCUT2D eigenvalue weighted by Crippen LogP contribution is -2.69. The minimum Gasteiger partial charge on any atom is -0.496 e. The summed E-state index contributed by atoms with van der Waals surface area (Å²) < 4.78 is 12.0. The maximum atomic E-state index is 13.6. The van der Waals surface area contributed by atoms with E-state index in [1.165, 1.54) is 4.90 Å². The average Bonchev–Trinajstić information content (AvgIpc) is 3.54. The van der Waals surface area contributed by atoms with E-state index in [0.29, 0.717) is 22.6 Å². The summed E-state index contributed by atoms with van der Waals surface area (Å²) in [6.45, 7) is -0.0282. The first-order valence-corrected chi connectivity index (χ1v) is 11.0. The summed E-state index contributed by atoms with van der Waals surface area (Å²) in [5.74, 6) is -0.393. The van der Waals surface area contributed by atoms with Gasteiger partial charge < -0.3 is 14.4 Å². The molecule has 31 heavy (non-hydrogen) atoms. The Bertz CT molecular complexity index is 1100. The number of rotatable bonds is 5. The fourth-order valence-corrected chi connectivity index (χ4v) is 5.04. The van der Waals surface area contributed by atoms with E-state index in [1.54, 1.807) is 42.3 Å². The van der Waals surface area contributed by atoms with Crippen LogP contribution in [0.25, 0.3) is 0 Å². The highest BCUT2D eigenvalue weighted by molar-refractivity contribution is 9.10. The lowest BCUT2D eigenvalue weighted by Gasteiger charge is -2.48. The van der Waals surface area contributed by atoms with Crippen LogP contribution in [-0.4, -0.2) is 41.5 Å². The Labute approximate surface area is 188 Å². The second kappa shape index (κ2) is 7.37. The molecule has 0 bridgehead atoms. The predicted octanol–water partition coefficient (Wildman–Crippen LogP) is 3.64. The minimum atomic E-state index is -1.44. The molecule has 1 unspecified atom stereocenters. The molecule has 0 spiro atoms. The van der Waals surface area contributed by atoms with Crippen LogP contribution in [0.3, 0.4) is 0 Å². The molecule has 2 aliphatic heterocycles. The molecule has 1 saturated heterocycles. The second-order valence-corrected chi connectivity index (χ2v) is 8.92. The first-order valence-electron chi connectivity index (χ1n) is 10.2. The Morgan fingerprint density at radius 1 is 1.19 bits per heavy atom. The third-order valence-electron chi connectivity index (χ3n) is 6.14. The largest absolute Gasteiger partial charge is 0.496 e. The van der Waals surface area contributed by atoms with Gasteiger partial charge in [-0.15, -0.1) is 0 Å². The highest BCUT2D eigenvalue weighted by Gasteiger charge is 2.64. The number of para-hydroxylation sites is 1. The van der Waals surface area contributed by atoms with Crippen molar-refractivity contribution in [1.82, 2.24) is 4.90 Å². The van der Waals surface area contributed by atoms with E-state index < -0.39 is 11.6 Å². The third-order valence-corrected chi connectivity index (χ3v) is 6.63. The maximum Gasteiger partial charge on any atom is 0.354 e. The Morgan fingerprint density at radius 2 is 1.97 bits per heavy atom. The van der Waals surface area contributed by atoms with Gasteiger partial charge in [0.15, 0.2) is 0 Å². The van der Waals surface area contributed by atoms with E-state index in [0.717, 1.165) is 17.3 Å². The number of halogens is 1. The highest BCUT2D eigenvalue weighted by atomic mass is 79.9. The number of ether oxygens (including phenoxy) is 2. The smallest absolute Gasteiger partial charge is 0.354 e. The molecule has 2 amide bonds. The second-order valence-electron chi connectivity index (χ2n) is 8.00. The normalized spacial score (nSPS) is 22.3. The molecule has 2 aromatic carbocycles. The van der Waals surface area contributed by atoms with Crippen molar-refractivity contribution in [1.29, 1.82) is 0 Å². The zero-order valence-corrected chi connectivity index (χ0v) is 18.6. The van der Waals surface area contributed by atoms with Crippen molar-refractivity contribution in [3.8, 4) is 5.75 Å². The monoisotopic (exact) mass is 484 g/mol. The molecule has 5 rings (SSSR count). The van der Waals surface area contributed by atoms with Gasteiger partial charge in [0.2, 0.25) is 11.6 Å². The molecule has 0 radical (unpaired) electrons. The van der Waals surface area contributed by atoms with E-state index in [9.17, 15) is 14.4 Å². The molecule has 2 aromatic rings. The van der Waals surface area contributed by atoms with Crippen LogP contribution in [0.1, 0.15) is 41.6 Å². The number of hydrogen-bond donors (Lipinski definition) is 0. The molecule has 2 heterocycles. The summed E-state index contributed by atoms with van der Waals surface area (Å²) in [6.07, 6.45) is 2.02. The molecule has 1 atom stereocenters. The molecule has 7 nitrogen and oxygen atoms in total. The van der Waals surface area contributed by atoms with Crippen LogP contribution in [0.2, 0.25) is 0 Å². The molecular weight excluding hydrogens is 464 g/mol. The summed E-state index contributed by atoms with van der Waals surface area (Å²) >= 11 is 3.42. The van der Waals surface area contributed by atoms with E-state index in [2.05, 4.69) is 15.9 Å². The average molecular weight is 485 g/mol. The van der Waals surface area contributed by atoms with Gasteiger partial charge in [0.1, 0.15) is 12.4 Å². The number of anilines is 1. The van der Waals surface area contributed by atoms with Crippen LogP contribution < -0.4 is 9.64 Å². The van der Waals surface area contributed by atoms with Crippen molar-refractivity contribution in [3.63, 3.8) is 0 Å². The quantitative estimate of drug-likeness (QED) is 0.605. The molecule has 3 aliphatic rings. The first kappa shape index (κ1) is 20.1. The predicted molar refractivity (Wildman–Crippen MR) is 116 cm³/mol. The number of fused-ring (bicyclic) bond motifs is 3. The van der Waals surface area contributed by atoms with Crippen molar-refractivity contribution >= 4 is 39.4 Å². The molecule has 0 aromatic heterocycles. The Hall–Kier alpha value is -2.87. The van der Waals surface area contributed by atoms with Gasteiger partial charge in [-0.2, -0.15) is 0 Å². The van der Waals surface area contributed by atoms with Crippen LogP contribution in [0.15, 0.2) is 46.9 Å². The molecule has 160 valence electrons. The van der Waals surface area contributed by atoms with E-state index in [4.69, 9.17) is 9.47 Å². The molecule has 1 aliphatic carbocycles. The number of hydrogen-bond acceptors (Lipinski definition) is 5. The number of carbonyl (C=O) groups excluding carboxylic acids is 3. The fourth-order valence-electron chi connectivity index (χ4n) is 4.63. The molecule has 1 saturated carbocycles. The van der Waals surface area contributed by atoms with E-state index >= 15 is 0 Å². The number of nitrogens with zero attached hydrogens (tertiary/aromatic N) is 2. The summed E-state index contributed by atoms with van der Waals surface area (Å²) in [4.78, 5) is 43.1. The number of esters is 1. The Morgan fingerprint density at radius 3 is 2.71 bits per heavy atom. The van der Waals surface area contributed by atoms with Gasteiger partial charge in [-0.1, -0.05) is 28.1 Å². The van der Waals surface area contributed by atoms with Gasteiger partial charge in [0.05, 0.1) is 18.4 Å². The van der Waals surface area contributed by atoms with Crippen molar-refractivity contribution in [2.75, 3.05) is 12.0 Å². The van der Waals surface area contributed by atoms with Crippen LogP contribution in [-0.2, 0) is 20.9 Å². The Kier molecular flexibility index (Phi) is 4.77. The number of benzene rings is 2. The summed E-state index contributed by atoms with van der Waals surface area (Å²) in [6, 6.07) is 12.4. The number of methoxy groups -OCH3 is 1. The maximum absolute atomic E-state index is 13.6. The van der Waals surface area contributed by atoms with Gasteiger partial charge >= 0.3 is 5.97 Å². The standard InChI is InChI=1S/C23H21BrN2O5/c1-30-19-9-6-15(24)12-14(19)13-31-22(29)23-11-10-20(27)26(23)18-5-3-2-4-17(18)21(28)25(23)16-7-8-16/h2-6,9,12,16H,7-8,10-11,13H2,1H3. The van der Waals surface area contributed by atoms with Gasteiger partial charge in [0.25, 0.3) is 5.91 Å². The van der Waals surface area contributed by atoms with Crippen LogP contribution in [0.4, 0.5) is 5.69 Å². The van der Waals surface area contributed by atoms with Crippen LogP contribution in [0.5, 0.6) is 5.75 Å². The van der Waals surface area contributed by atoms with Crippen LogP contribution >= 0.6 is 15.9 Å².